The molecule has 0 amide bonds. The summed E-state index contributed by atoms with van der Waals surface area (Å²) in [7, 11) is 0. The van der Waals surface area contributed by atoms with Gasteiger partial charge in [0.25, 0.3) is 0 Å². The second-order valence-electron chi connectivity index (χ2n) is 4.78. The Hall–Kier alpha value is -2.88. The average Bonchev–Trinajstić information content (AvgIpc) is 2.47. The Labute approximate surface area is 121 Å². The summed E-state index contributed by atoms with van der Waals surface area (Å²) in [4.78, 5) is 25.0. The summed E-state index contributed by atoms with van der Waals surface area (Å²) in [5.41, 5.74) is 0.683. The largest absolute Gasteiger partial charge is 0.507 e. The van der Waals surface area contributed by atoms with Gasteiger partial charge in [0, 0.05) is 16.7 Å². The summed E-state index contributed by atoms with van der Waals surface area (Å²) in [5.74, 6) is -1.36. The van der Waals surface area contributed by atoms with E-state index in [-0.39, 0.29) is 33.8 Å². The zero-order chi connectivity index (χ0) is 15.1. The Morgan fingerprint density at radius 2 is 1.57 bits per heavy atom. The molecule has 0 aromatic heterocycles. The molecule has 0 aliphatic heterocycles. The lowest BCUT2D eigenvalue weighted by molar-refractivity contribution is 0.0974. The molecule has 4 nitrogen and oxygen atoms in total. The van der Waals surface area contributed by atoms with Gasteiger partial charge >= 0.3 is 0 Å². The van der Waals surface area contributed by atoms with Crippen molar-refractivity contribution >= 4 is 17.6 Å². The van der Waals surface area contributed by atoms with Crippen LogP contribution in [-0.4, -0.2) is 21.8 Å². The van der Waals surface area contributed by atoms with Crippen LogP contribution >= 0.6 is 0 Å². The molecule has 3 rings (SSSR count). The lowest BCUT2D eigenvalue weighted by Crippen LogP contribution is -2.21. The van der Waals surface area contributed by atoms with Gasteiger partial charge in [-0.2, -0.15) is 0 Å². The highest BCUT2D eigenvalue weighted by atomic mass is 16.3. The monoisotopic (exact) mass is 280 g/mol. The summed E-state index contributed by atoms with van der Waals surface area (Å²) in [6, 6.07) is 7.41. The van der Waals surface area contributed by atoms with Crippen molar-refractivity contribution < 1.29 is 19.8 Å². The Balaban J connectivity index is 2.33. The third-order valence-electron chi connectivity index (χ3n) is 3.54. The van der Waals surface area contributed by atoms with Crippen molar-refractivity contribution in [2.75, 3.05) is 0 Å². The highest BCUT2D eigenvalue weighted by molar-refractivity contribution is 6.30. The molecule has 4 heteroatoms. The minimum atomic E-state index is -0.459. The van der Waals surface area contributed by atoms with Crippen molar-refractivity contribution in [2.45, 2.75) is 6.92 Å². The topological polar surface area (TPSA) is 74.6 Å². The van der Waals surface area contributed by atoms with Crippen LogP contribution in [0.5, 0.6) is 11.5 Å². The summed E-state index contributed by atoms with van der Waals surface area (Å²) < 4.78 is 0. The van der Waals surface area contributed by atoms with Crippen LogP contribution in [0, 0.1) is 0 Å². The van der Waals surface area contributed by atoms with Crippen molar-refractivity contribution in [3.63, 3.8) is 0 Å². The molecule has 0 heterocycles. The van der Waals surface area contributed by atoms with E-state index in [9.17, 15) is 19.8 Å². The van der Waals surface area contributed by atoms with Crippen molar-refractivity contribution in [2.24, 2.45) is 0 Å². The molecule has 2 aromatic carbocycles. The molecule has 2 N–H and O–H groups in total. The van der Waals surface area contributed by atoms with Crippen LogP contribution < -0.4 is 0 Å². The van der Waals surface area contributed by atoms with E-state index in [2.05, 4.69) is 0 Å². The number of aromatic hydroxyl groups is 2. The van der Waals surface area contributed by atoms with Crippen molar-refractivity contribution in [1.82, 2.24) is 0 Å². The molecule has 0 bridgehead atoms. The van der Waals surface area contributed by atoms with Gasteiger partial charge in [-0.1, -0.05) is 30.4 Å². The van der Waals surface area contributed by atoms with Crippen molar-refractivity contribution in [3.8, 4) is 11.5 Å². The lowest BCUT2D eigenvalue weighted by atomic mass is 9.82. The van der Waals surface area contributed by atoms with E-state index in [0.29, 0.717) is 5.56 Å². The molecule has 0 fully saturated rings. The Bertz CT molecular complexity index is 816. The molecule has 0 saturated carbocycles. The molecule has 1 aliphatic carbocycles. The van der Waals surface area contributed by atoms with Gasteiger partial charge in [0.2, 0.25) is 0 Å². The van der Waals surface area contributed by atoms with E-state index in [1.165, 1.54) is 24.3 Å². The predicted molar refractivity (Wildman–Crippen MR) is 77.8 cm³/mol. The highest BCUT2D eigenvalue weighted by Gasteiger charge is 2.34. The molecule has 0 saturated heterocycles. The van der Waals surface area contributed by atoms with Crippen molar-refractivity contribution in [1.29, 1.82) is 0 Å². The first-order chi connectivity index (χ1) is 10.1. The number of carbonyl (C=O) groups is 2. The number of phenolic OH excluding ortho intramolecular Hbond substituents is 2. The number of phenols is 2. The van der Waals surface area contributed by atoms with Gasteiger partial charge in [-0.3, -0.25) is 9.59 Å². The van der Waals surface area contributed by atoms with Gasteiger partial charge in [0.05, 0.1) is 11.1 Å². The van der Waals surface area contributed by atoms with Gasteiger partial charge in [-0.15, -0.1) is 0 Å². The summed E-state index contributed by atoms with van der Waals surface area (Å²) >= 11 is 0. The summed E-state index contributed by atoms with van der Waals surface area (Å²) in [5, 5.41) is 20.1. The maximum Gasteiger partial charge on any atom is 0.198 e. The second-order valence-corrected chi connectivity index (χ2v) is 4.78. The Kier molecular flexibility index (Phi) is 2.87. The average molecular weight is 280 g/mol. The van der Waals surface area contributed by atoms with Crippen LogP contribution in [0.2, 0.25) is 0 Å². The lowest BCUT2D eigenvalue weighted by Gasteiger charge is -2.19. The summed E-state index contributed by atoms with van der Waals surface area (Å²) in [6.07, 6.45) is 3.39. The molecule has 104 valence electrons. The number of allylic oxidation sites excluding steroid dienone is 1. The highest BCUT2D eigenvalue weighted by Crippen LogP contribution is 2.38. The standard InChI is InChI=1S/C17H12O4/c1-2-4-9-7-8-11-14(15(9)19)17(21)10-5-3-6-12(18)13(10)16(11)20/h2-8,18-19H,1H3/b4-2+. The normalized spacial score (nSPS) is 13.4. The number of fused-ring (bicyclic) bond motifs is 2. The maximum atomic E-state index is 12.5. The first kappa shape index (κ1) is 13.1. The number of hydrogen-bond acceptors (Lipinski definition) is 4. The van der Waals surface area contributed by atoms with Crippen LogP contribution in [0.4, 0.5) is 0 Å². The fourth-order valence-electron chi connectivity index (χ4n) is 2.58. The molecule has 1 aliphatic rings. The quantitative estimate of drug-likeness (QED) is 0.718. The van der Waals surface area contributed by atoms with Crippen LogP contribution in [0.3, 0.4) is 0 Å². The first-order valence-corrected chi connectivity index (χ1v) is 6.46. The van der Waals surface area contributed by atoms with Crippen molar-refractivity contribution in [3.05, 3.63) is 64.2 Å². The van der Waals surface area contributed by atoms with E-state index >= 15 is 0 Å². The zero-order valence-corrected chi connectivity index (χ0v) is 11.3. The molecule has 0 spiro atoms. The third-order valence-corrected chi connectivity index (χ3v) is 3.54. The smallest absolute Gasteiger partial charge is 0.198 e. The van der Waals surface area contributed by atoms with Gasteiger partial charge in [0.1, 0.15) is 11.5 Å². The van der Waals surface area contributed by atoms with E-state index < -0.39 is 11.6 Å². The van der Waals surface area contributed by atoms with Crippen LogP contribution in [0.1, 0.15) is 44.3 Å². The van der Waals surface area contributed by atoms with E-state index in [4.69, 9.17) is 0 Å². The van der Waals surface area contributed by atoms with Gasteiger partial charge in [0.15, 0.2) is 11.6 Å². The minimum absolute atomic E-state index is 0.00583. The van der Waals surface area contributed by atoms with Crippen LogP contribution in [0.15, 0.2) is 36.4 Å². The number of rotatable bonds is 1. The molecular formula is C17H12O4. The predicted octanol–water partition coefficient (Wildman–Crippen LogP) is 2.91. The van der Waals surface area contributed by atoms with Crippen LogP contribution in [-0.2, 0) is 0 Å². The molecule has 0 atom stereocenters. The fourth-order valence-corrected chi connectivity index (χ4v) is 2.58. The first-order valence-electron chi connectivity index (χ1n) is 6.46. The number of benzene rings is 2. The summed E-state index contributed by atoms with van der Waals surface area (Å²) in [6.45, 7) is 1.79. The molecule has 2 aromatic rings. The zero-order valence-electron chi connectivity index (χ0n) is 11.3. The van der Waals surface area contributed by atoms with E-state index in [0.717, 1.165) is 0 Å². The van der Waals surface area contributed by atoms with E-state index in [1.807, 2.05) is 0 Å². The van der Waals surface area contributed by atoms with Crippen LogP contribution in [0.25, 0.3) is 6.08 Å². The van der Waals surface area contributed by atoms with Gasteiger partial charge < -0.3 is 10.2 Å². The molecular weight excluding hydrogens is 268 g/mol. The SMILES string of the molecule is C/C=C/c1ccc2c(c1O)C(=O)c1cccc(O)c1C2=O. The molecule has 0 unspecified atom stereocenters. The molecule has 0 radical (unpaired) electrons. The Morgan fingerprint density at radius 1 is 0.905 bits per heavy atom. The number of hydrogen-bond donors (Lipinski definition) is 2. The third kappa shape index (κ3) is 1.76. The second kappa shape index (κ2) is 4.59. The van der Waals surface area contributed by atoms with Gasteiger partial charge in [-0.05, 0) is 19.1 Å². The van der Waals surface area contributed by atoms with E-state index in [1.54, 1.807) is 25.1 Å². The maximum absolute atomic E-state index is 12.5. The number of ketones is 2. The molecule has 21 heavy (non-hydrogen) atoms. The van der Waals surface area contributed by atoms with Gasteiger partial charge in [-0.25, -0.2) is 0 Å². The fraction of sp³-hybridized carbons (Fsp3) is 0.0588. The number of carbonyl (C=O) groups excluding carboxylic acids is 2. The Morgan fingerprint density at radius 3 is 2.29 bits per heavy atom. The minimum Gasteiger partial charge on any atom is -0.507 e.